The molecule has 21 heavy (non-hydrogen) atoms. The molecule has 0 aliphatic carbocycles. The normalized spacial score (nSPS) is 10.1. The van der Waals surface area contributed by atoms with Gasteiger partial charge in [0, 0.05) is 11.4 Å². The van der Waals surface area contributed by atoms with E-state index in [-0.39, 0.29) is 17.7 Å². The van der Waals surface area contributed by atoms with Crippen molar-refractivity contribution in [3.8, 4) is 0 Å². The van der Waals surface area contributed by atoms with Gasteiger partial charge < -0.3 is 16.2 Å². The second kappa shape index (κ2) is 6.04. The van der Waals surface area contributed by atoms with Crippen molar-refractivity contribution in [2.24, 2.45) is 0 Å². The van der Waals surface area contributed by atoms with Gasteiger partial charge in [0.05, 0.1) is 12.0 Å². The molecule has 2 rings (SSSR count). The van der Waals surface area contributed by atoms with E-state index in [0.29, 0.717) is 11.3 Å². The number of halogens is 1. The van der Waals surface area contributed by atoms with Crippen LogP contribution in [0.2, 0.25) is 0 Å². The maximum Gasteiger partial charge on any atom is 0.307 e. The summed E-state index contributed by atoms with van der Waals surface area (Å²) in [6.45, 7) is 0. The molecule has 0 heterocycles. The number of nitrogen functional groups attached to an aromatic ring is 1. The number of carboxylic acids is 1. The highest BCUT2D eigenvalue weighted by Crippen LogP contribution is 2.16. The second-order valence-corrected chi connectivity index (χ2v) is 4.45. The van der Waals surface area contributed by atoms with Gasteiger partial charge in [-0.2, -0.15) is 0 Å². The molecule has 0 spiro atoms. The lowest BCUT2D eigenvalue weighted by molar-refractivity contribution is -0.136. The van der Waals surface area contributed by atoms with E-state index in [1.807, 2.05) is 0 Å². The summed E-state index contributed by atoms with van der Waals surface area (Å²) < 4.78 is 13.1. The summed E-state index contributed by atoms with van der Waals surface area (Å²) in [4.78, 5) is 22.6. The van der Waals surface area contributed by atoms with Crippen molar-refractivity contribution >= 4 is 23.3 Å². The highest BCUT2D eigenvalue weighted by atomic mass is 19.1. The van der Waals surface area contributed by atoms with Gasteiger partial charge in [0.2, 0.25) is 0 Å². The Morgan fingerprint density at radius 3 is 2.43 bits per heavy atom. The number of nitrogens with one attached hydrogen (secondary N) is 1. The first-order chi connectivity index (χ1) is 9.95. The molecule has 5 nitrogen and oxygen atoms in total. The summed E-state index contributed by atoms with van der Waals surface area (Å²) >= 11 is 0. The summed E-state index contributed by atoms with van der Waals surface area (Å²) in [6, 6.07) is 9.89. The van der Waals surface area contributed by atoms with E-state index in [9.17, 15) is 14.0 Å². The first-order valence-corrected chi connectivity index (χ1v) is 6.13. The molecule has 0 bridgehead atoms. The largest absolute Gasteiger partial charge is 0.481 e. The number of carbonyl (C=O) groups excluding carboxylic acids is 1. The quantitative estimate of drug-likeness (QED) is 0.752. The zero-order chi connectivity index (χ0) is 15.4. The summed E-state index contributed by atoms with van der Waals surface area (Å²) in [6.07, 6.45) is -0.0922. The van der Waals surface area contributed by atoms with Gasteiger partial charge >= 0.3 is 5.97 Å². The predicted molar refractivity (Wildman–Crippen MR) is 76.5 cm³/mol. The number of amides is 1. The summed E-state index contributed by atoms with van der Waals surface area (Å²) in [5.74, 6) is -2.01. The Morgan fingerprint density at radius 1 is 1.14 bits per heavy atom. The minimum atomic E-state index is -0.931. The predicted octanol–water partition coefficient (Wildman–Crippen LogP) is 2.29. The van der Waals surface area contributed by atoms with Crippen LogP contribution in [0.15, 0.2) is 42.5 Å². The van der Waals surface area contributed by atoms with Crippen molar-refractivity contribution < 1.29 is 19.1 Å². The third kappa shape index (κ3) is 3.79. The molecule has 6 heteroatoms. The van der Waals surface area contributed by atoms with Gasteiger partial charge in [0.15, 0.2) is 0 Å². The van der Waals surface area contributed by atoms with E-state index in [0.717, 1.165) is 6.07 Å². The fourth-order valence-electron chi connectivity index (χ4n) is 1.80. The monoisotopic (exact) mass is 288 g/mol. The van der Waals surface area contributed by atoms with E-state index in [1.165, 1.54) is 12.1 Å². The lowest BCUT2D eigenvalue weighted by Crippen LogP contribution is -2.14. The number of carboxylic acid groups (broad SMARTS) is 1. The van der Waals surface area contributed by atoms with E-state index < -0.39 is 17.7 Å². The molecule has 0 aliphatic rings. The molecule has 0 saturated carbocycles. The minimum absolute atomic E-state index is 0.0459. The minimum Gasteiger partial charge on any atom is -0.481 e. The van der Waals surface area contributed by atoms with Gasteiger partial charge in [-0.25, -0.2) is 4.39 Å². The number of hydrogen-bond acceptors (Lipinski definition) is 3. The Hall–Kier alpha value is -2.89. The molecule has 0 atom stereocenters. The lowest BCUT2D eigenvalue weighted by Gasteiger charge is -2.08. The topological polar surface area (TPSA) is 92.4 Å². The van der Waals surface area contributed by atoms with Gasteiger partial charge in [0.25, 0.3) is 5.91 Å². The number of benzene rings is 2. The van der Waals surface area contributed by atoms with E-state index in [1.54, 1.807) is 24.3 Å². The van der Waals surface area contributed by atoms with Crippen LogP contribution in [-0.2, 0) is 11.2 Å². The number of carbonyl (C=O) groups is 2. The van der Waals surface area contributed by atoms with Gasteiger partial charge in [-0.05, 0) is 35.9 Å². The van der Waals surface area contributed by atoms with Crippen molar-refractivity contribution in [1.82, 2.24) is 0 Å². The summed E-state index contributed by atoms with van der Waals surface area (Å²) in [7, 11) is 0. The molecule has 0 radical (unpaired) electrons. The van der Waals surface area contributed by atoms with Crippen molar-refractivity contribution in [3.05, 3.63) is 59.4 Å². The van der Waals surface area contributed by atoms with Crippen LogP contribution >= 0.6 is 0 Å². The Labute approximate surface area is 120 Å². The highest BCUT2D eigenvalue weighted by molar-refractivity contribution is 6.07. The maximum absolute atomic E-state index is 13.1. The molecule has 2 aromatic carbocycles. The lowest BCUT2D eigenvalue weighted by atomic mass is 10.1. The standard InChI is InChI=1S/C15H13FN2O3/c16-10-3-6-13(17)12(8-10)15(21)18-11-4-1-9(2-5-11)7-14(19)20/h1-6,8H,7,17H2,(H,18,21)(H,19,20). The molecular formula is C15H13FN2O3. The summed E-state index contributed by atoms with van der Waals surface area (Å²) in [5, 5.41) is 11.2. The number of anilines is 2. The fraction of sp³-hybridized carbons (Fsp3) is 0.0667. The summed E-state index contributed by atoms with van der Waals surface area (Å²) in [5.41, 5.74) is 6.94. The highest BCUT2D eigenvalue weighted by Gasteiger charge is 2.11. The average molecular weight is 288 g/mol. The number of nitrogens with two attached hydrogens (primary N) is 1. The van der Waals surface area contributed by atoms with Gasteiger partial charge in [0.1, 0.15) is 5.82 Å². The maximum atomic E-state index is 13.1. The Kier molecular flexibility index (Phi) is 4.18. The Balaban J connectivity index is 2.12. The molecule has 0 saturated heterocycles. The number of rotatable bonds is 4. The van der Waals surface area contributed by atoms with Crippen LogP contribution in [0.25, 0.3) is 0 Å². The van der Waals surface area contributed by atoms with Crippen LogP contribution in [0.5, 0.6) is 0 Å². The van der Waals surface area contributed by atoms with Crippen LogP contribution in [0, 0.1) is 5.82 Å². The van der Waals surface area contributed by atoms with E-state index >= 15 is 0 Å². The molecule has 0 aliphatic heterocycles. The smallest absolute Gasteiger partial charge is 0.307 e. The molecule has 4 N–H and O–H groups in total. The van der Waals surface area contributed by atoms with Crippen molar-refractivity contribution in [1.29, 1.82) is 0 Å². The molecule has 0 fully saturated rings. The van der Waals surface area contributed by atoms with Crippen molar-refractivity contribution in [3.63, 3.8) is 0 Å². The molecule has 0 aromatic heterocycles. The third-order valence-electron chi connectivity index (χ3n) is 2.83. The van der Waals surface area contributed by atoms with Crippen molar-refractivity contribution in [2.75, 3.05) is 11.1 Å². The molecule has 108 valence electrons. The number of hydrogen-bond donors (Lipinski definition) is 3. The van der Waals surface area contributed by atoms with Crippen molar-refractivity contribution in [2.45, 2.75) is 6.42 Å². The average Bonchev–Trinajstić information content (AvgIpc) is 2.43. The first kappa shape index (κ1) is 14.5. The van der Waals surface area contributed by atoms with Crippen LogP contribution < -0.4 is 11.1 Å². The van der Waals surface area contributed by atoms with Gasteiger partial charge in [-0.15, -0.1) is 0 Å². The Morgan fingerprint density at radius 2 is 1.81 bits per heavy atom. The fourth-order valence-corrected chi connectivity index (χ4v) is 1.80. The van der Waals surface area contributed by atoms with Crippen LogP contribution in [0.3, 0.4) is 0 Å². The molecular weight excluding hydrogens is 275 g/mol. The molecule has 1 amide bonds. The zero-order valence-electron chi connectivity index (χ0n) is 11.0. The number of aliphatic carboxylic acids is 1. The first-order valence-electron chi connectivity index (χ1n) is 6.13. The zero-order valence-corrected chi connectivity index (χ0v) is 11.0. The second-order valence-electron chi connectivity index (χ2n) is 4.45. The SMILES string of the molecule is Nc1ccc(F)cc1C(=O)Nc1ccc(CC(=O)O)cc1. The van der Waals surface area contributed by atoms with E-state index in [4.69, 9.17) is 10.8 Å². The van der Waals surface area contributed by atoms with E-state index in [2.05, 4.69) is 5.32 Å². The van der Waals surface area contributed by atoms with Crippen LogP contribution in [0.4, 0.5) is 15.8 Å². The van der Waals surface area contributed by atoms with Crippen LogP contribution in [0.1, 0.15) is 15.9 Å². The van der Waals surface area contributed by atoms with Gasteiger partial charge in [-0.3, -0.25) is 9.59 Å². The van der Waals surface area contributed by atoms with Gasteiger partial charge in [-0.1, -0.05) is 12.1 Å². The Bertz CT molecular complexity index is 684. The third-order valence-corrected chi connectivity index (χ3v) is 2.83. The molecule has 2 aromatic rings. The van der Waals surface area contributed by atoms with Crippen LogP contribution in [-0.4, -0.2) is 17.0 Å². The molecule has 0 unspecified atom stereocenters.